The van der Waals surface area contributed by atoms with Crippen LogP contribution in [0.5, 0.6) is 0 Å². The van der Waals surface area contributed by atoms with E-state index < -0.39 is 11.7 Å². The quantitative estimate of drug-likeness (QED) is 0.635. The topological polar surface area (TPSA) is 32.3 Å². The highest BCUT2D eigenvalue weighted by Gasteiger charge is 2.30. The van der Waals surface area contributed by atoms with Crippen LogP contribution in [0.1, 0.15) is 11.1 Å². The molecule has 0 unspecified atom stereocenters. The highest BCUT2D eigenvalue weighted by molar-refractivity contribution is 6.36. The SMILES string of the molecule is FC(F)(F)c1ccc(CN2CCN(c3ncnc4cccc(Cl)c34)CC2)cc1. The lowest BCUT2D eigenvalue weighted by molar-refractivity contribution is -0.137. The summed E-state index contributed by atoms with van der Waals surface area (Å²) in [4.78, 5) is 13.1. The van der Waals surface area contributed by atoms with Gasteiger partial charge < -0.3 is 4.90 Å². The first kappa shape index (κ1) is 19.0. The Balaban J connectivity index is 1.43. The van der Waals surface area contributed by atoms with Crippen molar-refractivity contribution < 1.29 is 13.2 Å². The predicted molar refractivity (Wildman–Crippen MR) is 103 cm³/mol. The van der Waals surface area contributed by atoms with Crippen LogP contribution in [0.4, 0.5) is 19.0 Å². The summed E-state index contributed by atoms with van der Waals surface area (Å²) in [5.74, 6) is 0.824. The zero-order valence-corrected chi connectivity index (χ0v) is 15.7. The average molecular weight is 407 g/mol. The Hall–Kier alpha value is -2.38. The Morgan fingerprint density at radius 1 is 0.929 bits per heavy atom. The summed E-state index contributed by atoms with van der Waals surface area (Å²) in [6, 6.07) is 11.0. The minimum absolute atomic E-state index is 0.617. The molecular weight excluding hydrogens is 389 g/mol. The number of piperazine rings is 1. The summed E-state index contributed by atoms with van der Waals surface area (Å²) < 4.78 is 38.1. The van der Waals surface area contributed by atoms with Crippen LogP contribution in [0, 0.1) is 0 Å². The van der Waals surface area contributed by atoms with Crippen molar-refractivity contribution in [2.24, 2.45) is 0 Å². The molecule has 1 saturated heterocycles. The first-order valence-corrected chi connectivity index (χ1v) is 9.32. The van der Waals surface area contributed by atoms with Crippen LogP contribution in [0.15, 0.2) is 48.8 Å². The Bertz CT molecular complexity index is 962. The lowest BCUT2D eigenvalue weighted by Gasteiger charge is -2.35. The molecule has 8 heteroatoms. The first-order chi connectivity index (χ1) is 13.4. The van der Waals surface area contributed by atoms with Crippen molar-refractivity contribution >= 4 is 28.3 Å². The van der Waals surface area contributed by atoms with Crippen LogP contribution in [0.25, 0.3) is 10.9 Å². The number of rotatable bonds is 3. The fourth-order valence-corrected chi connectivity index (χ4v) is 3.72. The highest BCUT2D eigenvalue weighted by Crippen LogP contribution is 2.31. The summed E-state index contributed by atoms with van der Waals surface area (Å²) >= 11 is 6.37. The molecule has 3 aromatic rings. The molecule has 1 fully saturated rings. The largest absolute Gasteiger partial charge is 0.416 e. The van der Waals surface area contributed by atoms with Gasteiger partial charge in [0, 0.05) is 32.7 Å². The summed E-state index contributed by atoms with van der Waals surface area (Å²) in [7, 11) is 0. The second kappa shape index (κ2) is 7.56. The van der Waals surface area contributed by atoms with E-state index in [1.54, 1.807) is 18.5 Å². The van der Waals surface area contributed by atoms with Crippen molar-refractivity contribution in [1.29, 1.82) is 0 Å². The molecule has 28 heavy (non-hydrogen) atoms. The maximum Gasteiger partial charge on any atom is 0.416 e. The van der Waals surface area contributed by atoms with E-state index in [4.69, 9.17) is 11.6 Å². The van der Waals surface area contributed by atoms with Gasteiger partial charge in [-0.2, -0.15) is 13.2 Å². The minimum atomic E-state index is -4.30. The third-order valence-corrected chi connectivity index (χ3v) is 5.27. The molecule has 1 aliphatic heterocycles. The molecule has 4 nitrogen and oxygen atoms in total. The van der Waals surface area contributed by atoms with Crippen LogP contribution in [-0.4, -0.2) is 41.0 Å². The number of hydrogen-bond donors (Lipinski definition) is 0. The molecule has 0 spiro atoms. The van der Waals surface area contributed by atoms with Gasteiger partial charge in [0.05, 0.1) is 21.5 Å². The smallest absolute Gasteiger partial charge is 0.353 e. The molecule has 146 valence electrons. The van der Waals surface area contributed by atoms with Gasteiger partial charge in [0.15, 0.2) is 0 Å². The lowest BCUT2D eigenvalue weighted by atomic mass is 10.1. The highest BCUT2D eigenvalue weighted by atomic mass is 35.5. The van der Waals surface area contributed by atoms with Crippen LogP contribution in [0.3, 0.4) is 0 Å². The van der Waals surface area contributed by atoms with E-state index in [1.807, 2.05) is 18.2 Å². The molecule has 0 atom stereocenters. The predicted octanol–water partition coefficient (Wildman–Crippen LogP) is 4.62. The Morgan fingerprint density at radius 3 is 2.32 bits per heavy atom. The van der Waals surface area contributed by atoms with Gasteiger partial charge >= 0.3 is 6.18 Å². The summed E-state index contributed by atoms with van der Waals surface area (Å²) in [5, 5.41) is 1.48. The van der Waals surface area contributed by atoms with Crippen molar-refractivity contribution in [2.45, 2.75) is 12.7 Å². The molecule has 4 rings (SSSR count). The van der Waals surface area contributed by atoms with Crippen molar-refractivity contribution in [1.82, 2.24) is 14.9 Å². The molecule has 2 heterocycles. The van der Waals surface area contributed by atoms with Crippen molar-refractivity contribution in [3.05, 3.63) is 64.9 Å². The van der Waals surface area contributed by atoms with Crippen molar-refractivity contribution in [3.8, 4) is 0 Å². The van der Waals surface area contributed by atoms with Crippen LogP contribution < -0.4 is 4.90 Å². The van der Waals surface area contributed by atoms with E-state index in [-0.39, 0.29) is 0 Å². The molecule has 0 saturated carbocycles. The van der Waals surface area contributed by atoms with E-state index in [0.29, 0.717) is 11.6 Å². The standard InChI is InChI=1S/C20H18ClF3N4/c21-16-2-1-3-17-18(16)19(26-13-25-17)28-10-8-27(9-11-28)12-14-4-6-15(7-5-14)20(22,23)24/h1-7,13H,8-12H2. The van der Waals surface area contributed by atoms with E-state index in [9.17, 15) is 13.2 Å². The van der Waals surface area contributed by atoms with E-state index in [0.717, 1.165) is 60.6 Å². The van der Waals surface area contributed by atoms with E-state index in [1.165, 1.54) is 0 Å². The molecule has 0 aliphatic carbocycles. The summed E-state index contributed by atoms with van der Waals surface area (Å²) in [5.41, 5.74) is 1.07. The summed E-state index contributed by atoms with van der Waals surface area (Å²) in [6.07, 6.45) is -2.76. The lowest BCUT2D eigenvalue weighted by Crippen LogP contribution is -2.46. The first-order valence-electron chi connectivity index (χ1n) is 8.94. The van der Waals surface area contributed by atoms with E-state index in [2.05, 4.69) is 19.8 Å². The van der Waals surface area contributed by atoms with Crippen molar-refractivity contribution in [2.75, 3.05) is 31.1 Å². The Morgan fingerprint density at radius 2 is 1.64 bits per heavy atom. The van der Waals surface area contributed by atoms with Crippen LogP contribution >= 0.6 is 11.6 Å². The third kappa shape index (κ3) is 3.91. The molecule has 0 radical (unpaired) electrons. The number of halogens is 4. The third-order valence-electron chi connectivity index (χ3n) is 4.95. The maximum atomic E-state index is 12.7. The summed E-state index contributed by atoms with van der Waals surface area (Å²) in [6.45, 7) is 3.72. The van der Waals surface area contributed by atoms with Gasteiger partial charge in [-0.1, -0.05) is 29.8 Å². The van der Waals surface area contributed by atoms with Gasteiger partial charge in [0.2, 0.25) is 0 Å². The number of anilines is 1. The molecule has 1 aliphatic rings. The minimum Gasteiger partial charge on any atom is -0.353 e. The van der Waals surface area contributed by atoms with Crippen LogP contribution in [0.2, 0.25) is 5.02 Å². The molecule has 1 aromatic heterocycles. The van der Waals surface area contributed by atoms with Gasteiger partial charge in [0.25, 0.3) is 0 Å². The van der Waals surface area contributed by atoms with Gasteiger partial charge in [-0.15, -0.1) is 0 Å². The molecule has 0 amide bonds. The fourth-order valence-electron chi connectivity index (χ4n) is 3.47. The average Bonchev–Trinajstić information content (AvgIpc) is 2.68. The zero-order valence-electron chi connectivity index (χ0n) is 15.0. The second-order valence-electron chi connectivity index (χ2n) is 6.79. The van der Waals surface area contributed by atoms with Gasteiger partial charge in [0.1, 0.15) is 12.1 Å². The van der Waals surface area contributed by atoms with E-state index >= 15 is 0 Å². The number of aromatic nitrogens is 2. The molecule has 2 aromatic carbocycles. The monoisotopic (exact) mass is 406 g/mol. The molecule has 0 N–H and O–H groups in total. The zero-order chi connectivity index (χ0) is 19.7. The number of alkyl halides is 3. The number of hydrogen-bond acceptors (Lipinski definition) is 4. The molecule has 0 bridgehead atoms. The number of nitrogens with zero attached hydrogens (tertiary/aromatic N) is 4. The normalized spacial score (nSPS) is 15.9. The van der Waals surface area contributed by atoms with Crippen molar-refractivity contribution in [3.63, 3.8) is 0 Å². The Labute approximate surface area is 165 Å². The maximum absolute atomic E-state index is 12.7. The van der Waals surface area contributed by atoms with Gasteiger partial charge in [-0.25, -0.2) is 9.97 Å². The van der Waals surface area contributed by atoms with Gasteiger partial charge in [-0.3, -0.25) is 4.90 Å². The fraction of sp³-hybridized carbons (Fsp3) is 0.300. The van der Waals surface area contributed by atoms with Gasteiger partial charge in [-0.05, 0) is 29.8 Å². The Kier molecular flexibility index (Phi) is 5.12. The number of benzene rings is 2. The second-order valence-corrected chi connectivity index (χ2v) is 7.20. The number of fused-ring (bicyclic) bond motifs is 1. The van der Waals surface area contributed by atoms with Crippen LogP contribution in [-0.2, 0) is 12.7 Å². The molecular formula is C20H18ClF3N4.